The lowest BCUT2D eigenvalue weighted by Crippen LogP contribution is -2.52. The van der Waals surface area contributed by atoms with Crippen LogP contribution in [0.5, 0.6) is 0 Å². The van der Waals surface area contributed by atoms with Crippen molar-refractivity contribution in [3.05, 3.63) is 65.2 Å². The van der Waals surface area contributed by atoms with Crippen LogP contribution in [-0.4, -0.2) is 39.8 Å². The molecule has 2 rings (SSSR count). The minimum absolute atomic E-state index is 0.152. The lowest BCUT2D eigenvalue weighted by atomic mass is 10.0. The van der Waals surface area contributed by atoms with Crippen LogP contribution in [0.25, 0.3) is 0 Å². The summed E-state index contributed by atoms with van der Waals surface area (Å²) < 4.78 is 23.5. The number of sulfone groups is 1. The van der Waals surface area contributed by atoms with Gasteiger partial charge in [-0.05, 0) is 50.5 Å². The van der Waals surface area contributed by atoms with E-state index in [4.69, 9.17) is 0 Å². The summed E-state index contributed by atoms with van der Waals surface area (Å²) in [5.74, 6) is 0.696. The molecular weight excluding hydrogens is 396 g/mol. The van der Waals surface area contributed by atoms with Crippen LogP contribution in [0.1, 0.15) is 43.5 Å². The Bertz CT molecular complexity index is 970. The third-order valence-corrected chi connectivity index (χ3v) is 6.18. The van der Waals surface area contributed by atoms with Crippen LogP contribution in [-0.2, 0) is 16.4 Å². The third kappa shape index (κ3) is 7.15. The van der Waals surface area contributed by atoms with Gasteiger partial charge in [0, 0.05) is 38.0 Å². The highest BCUT2D eigenvalue weighted by Crippen LogP contribution is 2.17. The largest absolute Gasteiger partial charge is 0.355 e. The molecule has 0 aliphatic heterocycles. The Morgan fingerprint density at radius 1 is 1.10 bits per heavy atom. The first-order valence-corrected chi connectivity index (χ1v) is 12.0. The van der Waals surface area contributed by atoms with Crippen molar-refractivity contribution in [1.29, 1.82) is 0 Å². The Balaban J connectivity index is 1.90. The molecule has 2 aromatic carbocycles. The van der Waals surface area contributed by atoms with Gasteiger partial charge in [0.15, 0.2) is 15.8 Å². The zero-order chi connectivity index (χ0) is 22.4. The van der Waals surface area contributed by atoms with Gasteiger partial charge in [0.05, 0.1) is 4.90 Å². The lowest BCUT2D eigenvalue weighted by molar-refractivity contribution is 0.345. The van der Waals surface area contributed by atoms with E-state index in [2.05, 4.69) is 66.0 Å². The van der Waals surface area contributed by atoms with E-state index in [9.17, 15) is 8.42 Å². The zero-order valence-corrected chi connectivity index (χ0v) is 19.6. The summed E-state index contributed by atoms with van der Waals surface area (Å²) in [5, 5.41) is 10.3. The number of benzene rings is 2. The number of rotatable bonds is 8. The molecule has 164 valence electrons. The fourth-order valence-corrected chi connectivity index (χ4v) is 4.37. The minimum atomic E-state index is -3.20. The van der Waals surface area contributed by atoms with Crippen molar-refractivity contribution in [2.75, 3.05) is 19.8 Å². The van der Waals surface area contributed by atoms with Gasteiger partial charge < -0.3 is 16.0 Å². The van der Waals surface area contributed by atoms with Crippen molar-refractivity contribution in [1.82, 2.24) is 16.0 Å². The Morgan fingerprint density at radius 3 is 2.33 bits per heavy atom. The summed E-state index contributed by atoms with van der Waals surface area (Å²) in [5.41, 5.74) is 2.85. The summed E-state index contributed by atoms with van der Waals surface area (Å²) in [6.07, 6.45) is 1.23. The topological polar surface area (TPSA) is 82.6 Å². The highest BCUT2D eigenvalue weighted by Gasteiger charge is 2.21. The second-order valence-electron chi connectivity index (χ2n) is 8.31. The molecule has 0 aliphatic carbocycles. The standard InChI is InChI=1S/C23H34N4O2S/c1-17-14-19(12-13-21(17)30(6,28)29)15-25-22(24-5)26-16-23(3,4)27-18(2)20-10-8-7-9-11-20/h7-14,18,27H,15-16H2,1-6H3,(H2,24,25,26). The fraction of sp³-hybridized carbons (Fsp3) is 0.435. The van der Waals surface area contributed by atoms with E-state index >= 15 is 0 Å². The first-order chi connectivity index (χ1) is 14.0. The molecule has 0 saturated heterocycles. The zero-order valence-electron chi connectivity index (χ0n) is 18.8. The maximum absolute atomic E-state index is 11.8. The second kappa shape index (κ2) is 10.1. The van der Waals surface area contributed by atoms with Crippen LogP contribution < -0.4 is 16.0 Å². The second-order valence-corrected chi connectivity index (χ2v) is 10.3. The molecule has 0 spiro atoms. The summed E-state index contributed by atoms with van der Waals surface area (Å²) in [7, 11) is -1.47. The van der Waals surface area contributed by atoms with Gasteiger partial charge in [0.1, 0.15) is 0 Å². The smallest absolute Gasteiger partial charge is 0.191 e. The molecule has 3 N–H and O–H groups in total. The first-order valence-electron chi connectivity index (χ1n) is 10.1. The highest BCUT2D eigenvalue weighted by molar-refractivity contribution is 7.90. The van der Waals surface area contributed by atoms with Gasteiger partial charge >= 0.3 is 0 Å². The molecular formula is C23H34N4O2S. The molecule has 0 amide bonds. The molecule has 30 heavy (non-hydrogen) atoms. The molecule has 1 unspecified atom stereocenters. The summed E-state index contributed by atoms with van der Waals surface area (Å²) in [4.78, 5) is 4.66. The molecule has 0 heterocycles. The predicted octanol–water partition coefficient (Wildman–Crippen LogP) is 3.19. The monoisotopic (exact) mass is 430 g/mol. The summed E-state index contributed by atoms with van der Waals surface area (Å²) >= 11 is 0. The van der Waals surface area contributed by atoms with E-state index < -0.39 is 9.84 Å². The molecule has 0 bridgehead atoms. The van der Waals surface area contributed by atoms with Gasteiger partial charge in [-0.2, -0.15) is 0 Å². The van der Waals surface area contributed by atoms with E-state index in [0.717, 1.165) is 11.1 Å². The van der Waals surface area contributed by atoms with E-state index in [1.54, 1.807) is 13.1 Å². The van der Waals surface area contributed by atoms with Crippen molar-refractivity contribution in [2.24, 2.45) is 4.99 Å². The fourth-order valence-electron chi connectivity index (χ4n) is 3.41. The van der Waals surface area contributed by atoms with Crippen molar-refractivity contribution >= 4 is 15.8 Å². The molecule has 1 atom stereocenters. The third-order valence-electron chi connectivity index (χ3n) is 4.93. The van der Waals surface area contributed by atoms with Gasteiger partial charge in [0.25, 0.3) is 0 Å². The van der Waals surface area contributed by atoms with Gasteiger partial charge in [0.2, 0.25) is 0 Å². The van der Waals surface area contributed by atoms with Crippen molar-refractivity contribution in [2.45, 2.75) is 50.7 Å². The maximum Gasteiger partial charge on any atom is 0.191 e. The highest BCUT2D eigenvalue weighted by atomic mass is 32.2. The average molecular weight is 431 g/mol. The molecule has 7 heteroatoms. The molecule has 2 aromatic rings. The number of nitrogens with zero attached hydrogens (tertiary/aromatic N) is 1. The van der Waals surface area contributed by atoms with Gasteiger partial charge in [-0.25, -0.2) is 8.42 Å². The van der Waals surface area contributed by atoms with Gasteiger partial charge in [-0.15, -0.1) is 0 Å². The van der Waals surface area contributed by atoms with Crippen molar-refractivity contribution < 1.29 is 8.42 Å². The van der Waals surface area contributed by atoms with Crippen LogP contribution in [0.15, 0.2) is 58.4 Å². The first kappa shape index (κ1) is 23.9. The van der Waals surface area contributed by atoms with E-state index in [0.29, 0.717) is 23.9 Å². The molecule has 0 radical (unpaired) electrons. The SMILES string of the molecule is CN=C(NCc1ccc(S(C)(=O)=O)c(C)c1)NCC(C)(C)NC(C)c1ccccc1. The van der Waals surface area contributed by atoms with E-state index in [-0.39, 0.29) is 11.6 Å². The molecule has 0 fully saturated rings. The number of hydrogen-bond acceptors (Lipinski definition) is 4. The summed E-state index contributed by atoms with van der Waals surface area (Å²) in [6, 6.07) is 16.0. The number of guanidine groups is 1. The number of aryl methyl sites for hydroxylation is 1. The van der Waals surface area contributed by atoms with Crippen LogP contribution in [0.4, 0.5) is 0 Å². The van der Waals surface area contributed by atoms with Crippen LogP contribution >= 0.6 is 0 Å². The van der Waals surface area contributed by atoms with Crippen LogP contribution in [0.3, 0.4) is 0 Å². The number of aliphatic imine (C=N–C) groups is 1. The maximum atomic E-state index is 11.8. The quantitative estimate of drug-likeness (QED) is 0.443. The van der Waals surface area contributed by atoms with Crippen molar-refractivity contribution in [3.63, 3.8) is 0 Å². The molecule has 0 aromatic heterocycles. The van der Waals surface area contributed by atoms with Gasteiger partial charge in [-0.3, -0.25) is 4.99 Å². The Labute approximate surface area is 181 Å². The lowest BCUT2D eigenvalue weighted by Gasteiger charge is -2.31. The Morgan fingerprint density at radius 2 is 1.77 bits per heavy atom. The van der Waals surface area contributed by atoms with E-state index in [1.807, 2.05) is 25.1 Å². The molecule has 6 nitrogen and oxygen atoms in total. The molecule has 0 saturated carbocycles. The molecule has 0 aliphatic rings. The average Bonchev–Trinajstić information content (AvgIpc) is 2.67. The number of hydrogen-bond donors (Lipinski definition) is 3. The van der Waals surface area contributed by atoms with Gasteiger partial charge in [-0.1, -0.05) is 42.5 Å². The van der Waals surface area contributed by atoms with Crippen LogP contribution in [0, 0.1) is 6.92 Å². The van der Waals surface area contributed by atoms with E-state index in [1.165, 1.54) is 11.8 Å². The van der Waals surface area contributed by atoms with Crippen LogP contribution in [0.2, 0.25) is 0 Å². The minimum Gasteiger partial charge on any atom is -0.355 e. The number of nitrogens with one attached hydrogen (secondary N) is 3. The Kier molecular flexibility index (Phi) is 8.03. The van der Waals surface area contributed by atoms with Crippen molar-refractivity contribution in [3.8, 4) is 0 Å². The normalized spacial score (nSPS) is 13.7. The Hall–Kier alpha value is -2.38. The predicted molar refractivity (Wildman–Crippen MR) is 125 cm³/mol. The summed E-state index contributed by atoms with van der Waals surface area (Å²) in [6.45, 7) is 9.52.